The van der Waals surface area contributed by atoms with Crippen molar-refractivity contribution in [2.75, 3.05) is 19.0 Å². The highest BCUT2D eigenvalue weighted by molar-refractivity contribution is 6.00. The number of nitriles is 1. The zero-order valence-electron chi connectivity index (χ0n) is 15.1. The van der Waals surface area contributed by atoms with Crippen molar-refractivity contribution in [1.29, 1.82) is 5.26 Å². The molecule has 0 aliphatic heterocycles. The SMILES string of the molecule is COc1ccc(CCNC(=O)C2CC2C(=O)Nc2ccccc2C#N)cc1. The summed E-state index contributed by atoms with van der Waals surface area (Å²) in [5.41, 5.74) is 2.00. The number of methoxy groups -OCH3 is 1. The smallest absolute Gasteiger partial charge is 0.228 e. The highest BCUT2D eigenvalue weighted by Gasteiger charge is 2.47. The van der Waals surface area contributed by atoms with Crippen molar-refractivity contribution in [3.63, 3.8) is 0 Å². The minimum atomic E-state index is -0.335. The first kappa shape index (κ1) is 18.5. The van der Waals surface area contributed by atoms with Gasteiger partial charge in [0.1, 0.15) is 11.8 Å². The number of carbonyl (C=O) groups excluding carboxylic acids is 2. The van der Waals surface area contributed by atoms with Crippen LogP contribution in [0.5, 0.6) is 5.75 Å². The molecule has 3 rings (SSSR count). The lowest BCUT2D eigenvalue weighted by Crippen LogP contribution is -2.29. The monoisotopic (exact) mass is 363 g/mol. The molecule has 2 N–H and O–H groups in total. The highest BCUT2D eigenvalue weighted by atomic mass is 16.5. The summed E-state index contributed by atoms with van der Waals surface area (Å²) in [7, 11) is 1.62. The molecule has 138 valence electrons. The van der Waals surface area contributed by atoms with E-state index in [0.717, 1.165) is 17.7 Å². The Labute approximate surface area is 158 Å². The largest absolute Gasteiger partial charge is 0.497 e. The number of nitrogens with zero attached hydrogens (tertiary/aromatic N) is 1. The molecular weight excluding hydrogens is 342 g/mol. The minimum absolute atomic E-state index is 0.0998. The highest BCUT2D eigenvalue weighted by Crippen LogP contribution is 2.39. The van der Waals surface area contributed by atoms with Crippen LogP contribution < -0.4 is 15.4 Å². The Kier molecular flexibility index (Phi) is 5.72. The van der Waals surface area contributed by atoms with Gasteiger partial charge in [-0.1, -0.05) is 24.3 Å². The minimum Gasteiger partial charge on any atom is -0.497 e. The number of rotatable bonds is 7. The van der Waals surface area contributed by atoms with Crippen molar-refractivity contribution in [2.45, 2.75) is 12.8 Å². The molecule has 27 heavy (non-hydrogen) atoms. The van der Waals surface area contributed by atoms with E-state index in [2.05, 4.69) is 10.6 Å². The second-order valence-electron chi connectivity index (χ2n) is 6.48. The average Bonchev–Trinajstić information content (AvgIpc) is 3.50. The van der Waals surface area contributed by atoms with E-state index in [4.69, 9.17) is 10.00 Å². The first-order valence-electron chi connectivity index (χ1n) is 8.83. The van der Waals surface area contributed by atoms with Gasteiger partial charge in [0.25, 0.3) is 0 Å². The molecule has 0 spiro atoms. The third kappa shape index (κ3) is 4.64. The molecule has 1 fully saturated rings. The van der Waals surface area contributed by atoms with Crippen LogP contribution in [-0.2, 0) is 16.0 Å². The van der Waals surface area contributed by atoms with Crippen LogP contribution in [0.2, 0.25) is 0 Å². The Balaban J connectivity index is 1.44. The molecule has 2 atom stereocenters. The number of nitrogens with one attached hydrogen (secondary N) is 2. The van der Waals surface area contributed by atoms with Crippen LogP contribution in [0.4, 0.5) is 5.69 Å². The molecule has 0 heterocycles. The van der Waals surface area contributed by atoms with Gasteiger partial charge in [0.2, 0.25) is 11.8 Å². The van der Waals surface area contributed by atoms with E-state index in [1.807, 2.05) is 30.3 Å². The Morgan fingerprint density at radius 2 is 1.81 bits per heavy atom. The molecule has 6 nitrogen and oxygen atoms in total. The molecule has 1 aliphatic rings. The number of para-hydroxylation sites is 1. The van der Waals surface area contributed by atoms with Crippen LogP contribution in [0.25, 0.3) is 0 Å². The number of hydrogen-bond acceptors (Lipinski definition) is 4. The summed E-state index contributed by atoms with van der Waals surface area (Å²) < 4.78 is 5.12. The van der Waals surface area contributed by atoms with Crippen LogP contribution in [0.1, 0.15) is 17.5 Å². The number of hydrogen-bond donors (Lipinski definition) is 2. The molecule has 0 aromatic heterocycles. The molecule has 0 radical (unpaired) electrons. The molecule has 1 aliphatic carbocycles. The third-order valence-corrected chi connectivity index (χ3v) is 4.64. The summed E-state index contributed by atoms with van der Waals surface area (Å²) in [5, 5.41) is 14.7. The van der Waals surface area contributed by atoms with Crippen molar-refractivity contribution in [2.24, 2.45) is 11.8 Å². The van der Waals surface area contributed by atoms with Crippen molar-refractivity contribution in [3.05, 3.63) is 59.7 Å². The predicted molar refractivity (Wildman–Crippen MR) is 101 cm³/mol. The van der Waals surface area contributed by atoms with Crippen LogP contribution in [0, 0.1) is 23.2 Å². The maximum absolute atomic E-state index is 12.3. The molecule has 1 saturated carbocycles. The van der Waals surface area contributed by atoms with Crippen molar-refractivity contribution in [1.82, 2.24) is 5.32 Å². The molecule has 2 aromatic carbocycles. The molecule has 2 amide bonds. The lowest BCUT2D eigenvalue weighted by molar-refractivity contribution is -0.125. The second kappa shape index (κ2) is 8.37. The van der Waals surface area contributed by atoms with E-state index >= 15 is 0 Å². The van der Waals surface area contributed by atoms with Gasteiger partial charge in [0.15, 0.2) is 0 Å². The van der Waals surface area contributed by atoms with Gasteiger partial charge in [-0.05, 0) is 42.7 Å². The summed E-state index contributed by atoms with van der Waals surface area (Å²) in [6.07, 6.45) is 1.25. The summed E-state index contributed by atoms with van der Waals surface area (Å²) in [5.74, 6) is -0.148. The number of ether oxygens (including phenoxy) is 1. The maximum Gasteiger partial charge on any atom is 0.228 e. The lowest BCUT2D eigenvalue weighted by atomic mass is 10.1. The fraction of sp³-hybridized carbons (Fsp3) is 0.286. The summed E-state index contributed by atoms with van der Waals surface area (Å²) in [6, 6.07) is 16.6. The van der Waals surface area contributed by atoms with Gasteiger partial charge in [-0.2, -0.15) is 5.26 Å². The van der Waals surface area contributed by atoms with E-state index in [9.17, 15) is 9.59 Å². The van der Waals surface area contributed by atoms with Gasteiger partial charge in [0.05, 0.1) is 30.2 Å². The second-order valence-corrected chi connectivity index (χ2v) is 6.48. The van der Waals surface area contributed by atoms with Gasteiger partial charge < -0.3 is 15.4 Å². The fourth-order valence-corrected chi connectivity index (χ4v) is 2.94. The first-order valence-corrected chi connectivity index (χ1v) is 8.83. The number of benzene rings is 2. The fourth-order valence-electron chi connectivity index (χ4n) is 2.94. The average molecular weight is 363 g/mol. The van der Waals surface area contributed by atoms with Gasteiger partial charge in [-0.3, -0.25) is 9.59 Å². The normalized spacial score (nSPS) is 17.5. The quantitative estimate of drug-likeness (QED) is 0.791. The van der Waals surface area contributed by atoms with Crippen molar-refractivity contribution < 1.29 is 14.3 Å². The van der Waals surface area contributed by atoms with Crippen molar-refractivity contribution >= 4 is 17.5 Å². The Morgan fingerprint density at radius 1 is 1.11 bits per heavy atom. The Morgan fingerprint density at radius 3 is 2.52 bits per heavy atom. The lowest BCUT2D eigenvalue weighted by Gasteiger charge is -2.07. The third-order valence-electron chi connectivity index (χ3n) is 4.64. The Bertz CT molecular complexity index is 871. The predicted octanol–water partition coefficient (Wildman–Crippen LogP) is 2.50. The standard InChI is InChI=1S/C21H21N3O3/c1-27-16-8-6-14(7-9-16)10-11-23-20(25)17-12-18(17)21(26)24-19-5-3-2-4-15(19)13-22/h2-9,17-18H,10-12H2,1H3,(H,23,25)(H,24,26). The van der Waals surface area contributed by atoms with E-state index in [1.165, 1.54) is 0 Å². The van der Waals surface area contributed by atoms with Crippen LogP contribution >= 0.6 is 0 Å². The van der Waals surface area contributed by atoms with Gasteiger partial charge in [-0.15, -0.1) is 0 Å². The maximum atomic E-state index is 12.3. The molecule has 6 heteroatoms. The van der Waals surface area contributed by atoms with E-state index in [1.54, 1.807) is 31.4 Å². The Hall–Kier alpha value is -3.33. The summed E-state index contributed by atoms with van der Waals surface area (Å²) in [6.45, 7) is 0.521. The summed E-state index contributed by atoms with van der Waals surface area (Å²) >= 11 is 0. The van der Waals surface area contributed by atoms with Gasteiger partial charge in [0, 0.05) is 6.54 Å². The zero-order chi connectivity index (χ0) is 19.2. The van der Waals surface area contributed by atoms with Crippen LogP contribution in [-0.4, -0.2) is 25.5 Å². The van der Waals surface area contributed by atoms with Crippen molar-refractivity contribution in [3.8, 4) is 11.8 Å². The van der Waals surface area contributed by atoms with E-state index in [-0.39, 0.29) is 23.7 Å². The van der Waals surface area contributed by atoms with E-state index < -0.39 is 0 Å². The number of carbonyl (C=O) groups is 2. The first-order chi connectivity index (χ1) is 13.1. The van der Waals surface area contributed by atoms with E-state index in [0.29, 0.717) is 24.2 Å². The molecule has 2 aromatic rings. The van der Waals surface area contributed by atoms with Crippen LogP contribution in [0.15, 0.2) is 48.5 Å². The number of anilines is 1. The zero-order valence-corrected chi connectivity index (χ0v) is 15.1. The molecular formula is C21H21N3O3. The van der Waals surface area contributed by atoms with Gasteiger partial charge in [-0.25, -0.2) is 0 Å². The van der Waals surface area contributed by atoms with Crippen LogP contribution in [0.3, 0.4) is 0 Å². The molecule has 0 bridgehead atoms. The topological polar surface area (TPSA) is 91.2 Å². The summed E-state index contributed by atoms with van der Waals surface area (Å²) in [4.78, 5) is 24.5. The van der Waals surface area contributed by atoms with Gasteiger partial charge >= 0.3 is 0 Å². The molecule has 2 unspecified atom stereocenters. The number of amides is 2. The molecule has 0 saturated heterocycles.